The highest BCUT2D eigenvalue weighted by Gasteiger charge is 2.61. The number of halogens is 1. The Morgan fingerprint density at radius 3 is 2.92 bits per heavy atom. The first-order valence-corrected chi connectivity index (χ1v) is 10.1. The molecule has 0 saturated heterocycles. The summed E-state index contributed by atoms with van der Waals surface area (Å²) in [7, 11) is 0. The van der Waals surface area contributed by atoms with Crippen molar-refractivity contribution >= 4 is 35.0 Å². The first kappa shape index (κ1) is 17.7. The number of nitrogens with one attached hydrogen (secondary N) is 1. The quantitative estimate of drug-likeness (QED) is 0.784. The van der Waals surface area contributed by atoms with Gasteiger partial charge < -0.3 is 5.32 Å². The van der Waals surface area contributed by atoms with E-state index >= 15 is 0 Å². The molecule has 2 aliphatic carbocycles. The van der Waals surface area contributed by atoms with E-state index < -0.39 is 0 Å². The molecule has 1 heterocycles. The number of aromatic nitrogens is 3. The van der Waals surface area contributed by atoms with Crippen molar-refractivity contribution < 1.29 is 4.79 Å². The lowest BCUT2D eigenvalue weighted by atomic mass is 9.70. The van der Waals surface area contributed by atoms with Gasteiger partial charge in [0.15, 0.2) is 0 Å². The summed E-state index contributed by atoms with van der Waals surface area (Å²) in [5, 5.41) is 12.7. The Morgan fingerprint density at radius 1 is 1.35 bits per heavy atom. The SMILES string of the molecule is CC1(C)[C@@H]2CC[C@@]1(C)c1nc(SCC(=O)Nc3cccc(Cl)c3)nnc12. The molecule has 2 bridgehead atoms. The summed E-state index contributed by atoms with van der Waals surface area (Å²) in [6.07, 6.45) is 2.29. The van der Waals surface area contributed by atoms with Crippen molar-refractivity contribution in [1.29, 1.82) is 0 Å². The van der Waals surface area contributed by atoms with Crippen LogP contribution in [0, 0.1) is 5.41 Å². The van der Waals surface area contributed by atoms with Crippen molar-refractivity contribution in [3.8, 4) is 0 Å². The minimum Gasteiger partial charge on any atom is -0.325 e. The Hall–Kier alpha value is -1.66. The lowest BCUT2D eigenvalue weighted by Crippen LogP contribution is -2.32. The molecule has 0 aliphatic heterocycles. The summed E-state index contributed by atoms with van der Waals surface area (Å²) in [6.45, 7) is 6.90. The number of fused-ring (bicyclic) bond motifs is 5. The monoisotopic (exact) mass is 388 g/mol. The van der Waals surface area contributed by atoms with Gasteiger partial charge in [-0.25, -0.2) is 4.98 Å². The van der Waals surface area contributed by atoms with Crippen molar-refractivity contribution in [1.82, 2.24) is 15.2 Å². The molecule has 2 atom stereocenters. The smallest absolute Gasteiger partial charge is 0.234 e. The van der Waals surface area contributed by atoms with Crippen LogP contribution in [0.1, 0.15) is 50.9 Å². The lowest BCUT2D eigenvalue weighted by molar-refractivity contribution is -0.113. The van der Waals surface area contributed by atoms with E-state index in [4.69, 9.17) is 16.6 Å². The highest BCUT2D eigenvalue weighted by Crippen LogP contribution is 2.66. The summed E-state index contributed by atoms with van der Waals surface area (Å²) < 4.78 is 0. The molecular weight excluding hydrogens is 368 g/mol. The molecule has 1 saturated carbocycles. The molecule has 1 N–H and O–H groups in total. The van der Waals surface area contributed by atoms with Gasteiger partial charge in [0.2, 0.25) is 11.1 Å². The Bertz CT molecular complexity index is 888. The van der Waals surface area contributed by atoms with Gasteiger partial charge in [-0.05, 0) is 36.5 Å². The Kier molecular flexibility index (Phi) is 4.23. The molecular formula is C19H21ClN4OS. The summed E-state index contributed by atoms with van der Waals surface area (Å²) >= 11 is 7.25. The fraction of sp³-hybridized carbons (Fsp3) is 0.474. The molecule has 5 nitrogen and oxygen atoms in total. The van der Waals surface area contributed by atoms with Crippen molar-refractivity contribution in [3.05, 3.63) is 40.7 Å². The van der Waals surface area contributed by atoms with Crippen molar-refractivity contribution in [2.75, 3.05) is 11.1 Å². The van der Waals surface area contributed by atoms with Gasteiger partial charge in [0.1, 0.15) is 0 Å². The number of benzene rings is 1. The number of rotatable bonds is 4. The molecule has 0 unspecified atom stereocenters. The number of thioether (sulfide) groups is 1. The third-order valence-corrected chi connectivity index (χ3v) is 7.29. The first-order valence-electron chi connectivity index (χ1n) is 8.74. The summed E-state index contributed by atoms with van der Waals surface area (Å²) in [5.74, 6) is 0.554. The molecule has 2 aliphatic rings. The second-order valence-electron chi connectivity index (χ2n) is 7.82. The van der Waals surface area contributed by atoms with E-state index in [1.54, 1.807) is 18.2 Å². The summed E-state index contributed by atoms with van der Waals surface area (Å²) in [5.41, 5.74) is 3.01. The van der Waals surface area contributed by atoms with Crippen LogP contribution in [-0.4, -0.2) is 26.8 Å². The van der Waals surface area contributed by atoms with E-state index in [0.717, 1.165) is 24.2 Å². The molecule has 2 aromatic rings. The van der Waals surface area contributed by atoms with Gasteiger partial charge in [-0.3, -0.25) is 4.79 Å². The summed E-state index contributed by atoms with van der Waals surface area (Å²) in [6, 6.07) is 7.10. The third kappa shape index (κ3) is 2.70. The number of carbonyl (C=O) groups is 1. The molecule has 4 rings (SSSR count). The first-order chi connectivity index (χ1) is 12.3. The Balaban J connectivity index is 1.46. The third-order valence-electron chi connectivity index (χ3n) is 6.21. The maximum atomic E-state index is 12.2. The average Bonchev–Trinajstić information content (AvgIpc) is 2.92. The van der Waals surface area contributed by atoms with Crippen LogP contribution in [0.5, 0.6) is 0 Å². The fourth-order valence-corrected chi connectivity index (χ4v) is 5.09. The topological polar surface area (TPSA) is 67.8 Å². The van der Waals surface area contributed by atoms with Gasteiger partial charge in [-0.15, -0.1) is 5.10 Å². The fourth-order valence-electron chi connectivity index (χ4n) is 4.32. The molecule has 0 spiro atoms. The number of hydrogen-bond acceptors (Lipinski definition) is 5. The second kappa shape index (κ2) is 6.20. The number of anilines is 1. The molecule has 7 heteroatoms. The zero-order chi connectivity index (χ0) is 18.5. The van der Waals surface area contributed by atoms with Crippen LogP contribution in [0.4, 0.5) is 5.69 Å². The highest BCUT2D eigenvalue weighted by atomic mass is 35.5. The zero-order valence-corrected chi connectivity index (χ0v) is 16.6. The Morgan fingerprint density at radius 2 is 2.15 bits per heavy atom. The van der Waals surface area contributed by atoms with Crippen LogP contribution >= 0.6 is 23.4 Å². The predicted octanol–water partition coefficient (Wildman–Crippen LogP) is 4.43. The molecule has 1 amide bonds. The van der Waals surface area contributed by atoms with E-state index in [1.165, 1.54) is 11.8 Å². The highest BCUT2D eigenvalue weighted by molar-refractivity contribution is 7.99. The summed E-state index contributed by atoms with van der Waals surface area (Å²) in [4.78, 5) is 17.0. The molecule has 1 aromatic heterocycles. The molecule has 26 heavy (non-hydrogen) atoms. The maximum absolute atomic E-state index is 12.2. The van der Waals surface area contributed by atoms with Crippen molar-refractivity contribution in [2.45, 2.75) is 50.1 Å². The van der Waals surface area contributed by atoms with Gasteiger partial charge in [0, 0.05) is 22.0 Å². The molecule has 136 valence electrons. The van der Waals surface area contributed by atoms with E-state index in [-0.39, 0.29) is 22.5 Å². The number of carbonyl (C=O) groups excluding carboxylic acids is 1. The second-order valence-corrected chi connectivity index (χ2v) is 9.20. The van der Waals surface area contributed by atoms with E-state index in [1.807, 2.05) is 6.07 Å². The number of nitrogens with zero attached hydrogens (tertiary/aromatic N) is 3. The standard InChI is InChI=1S/C19H21ClN4OS/c1-18(2)13-7-8-19(18,3)16-15(13)23-24-17(22-16)26-10-14(25)21-12-6-4-5-11(20)9-12/h4-6,9,13H,7-8,10H2,1-3H3,(H,21,25)/t13-,19+/m1/s1. The van der Waals surface area contributed by atoms with Gasteiger partial charge in [0.05, 0.1) is 17.1 Å². The maximum Gasteiger partial charge on any atom is 0.234 e. The van der Waals surface area contributed by atoms with Gasteiger partial charge in [-0.1, -0.05) is 50.2 Å². The molecule has 1 aromatic carbocycles. The van der Waals surface area contributed by atoms with Crippen molar-refractivity contribution in [3.63, 3.8) is 0 Å². The lowest BCUT2D eigenvalue weighted by Gasteiger charge is -2.33. The van der Waals surface area contributed by atoms with Crippen LogP contribution in [-0.2, 0) is 10.2 Å². The van der Waals surface area contributed by atoms with E-state index in [2.05, 4.69) is 36.3 Å². The Labute approximate surface area is 162 Å². The van der Waals surface area contributed by atoms with E-state index in [9.17, 15) is 4.79 Å². The number of amides is 1. The van der Waals surface area contributed by atoms with Gasteiger partial charge in [-0.2, -0.15) is 5.10 Å². The minimum atomic E-state index is -0.116. The van der Waals surface area contributed by atoms with Crippen molar-refractivity contribution in [2.24, 2.45) is 5.41 Å². The van der Waals surface area contributed by atoms with Crippen LogP contribution in [0.3, 0.4) is 0 Å². The van der Waals surface area contributed by atoms with Gasteiger partial charge >= 0.3 is 0 Å². The number of hydrogen-bond donors (Lipinski definition) is 1. The van der Waals surface area contributed by atoms with Gasteiger partial charge in [0.25, 0.3) is 0 Å². The van der Waals surface area contributed by atoms with E-state index in [0.29, 0.717) is 21.8 Å². The predicted molar refractivity (Wildman–Crippen MR) is 104 cm³/mol. The normalized spacial score (nSPS) is 25.2. The zero-order valence-electron chi connectivity index (χ0n) is 15.0. The van der Waals surface area contributed by atoms with Crippen LogP contribution in [0.25, 0.3) is 0 Å². The largest absolute Gasteiger partial charge is 0.325 e. The van der Waals surface area contributed by atoms with Crippen LogP contribution in [0.15, 0.2) is 29.4 Å². The minimum absolute atomic E-state index is 0.0430. The molecule has 0 radical (unpaired) electrons. The average molecular weight is 389 g/mol. The van der Waals surface area contributed by atoms with Crippen LogP contribution < -0.4 is 5.32 Å². The van der Waals surface area contributed by atoms with Crippen LogP contribution in [0.2, 0.25) is 5.02 Å². The molecule has 1 fully saturated rings.